The number of imide groups is 1. The van der Waals surface area contributed by atoms with Gasteiger partial charge in [0.05, 0.1) is 28.1 Å². The molecule has 2 aliphatic carbocycles. The number of fused-ring (bicyclic) bond motifs is 5. The van der Waals surface area contributed by atoms with E-state index in [9.17, 15) is 14.4 Å². The first kappa shape index (κ1) is 17.4. The van der Waals surface area contributed by atoms with Crippen LogP contribution in [-0.2, 0) is 9.59 Å². The Bertz CT molecular complexity index is 976. The third kappa shape index (κ3) is 2.57. The number of benzene rings is 2. The van der Waals surface area contributed by atoms with E-state index in [4.69, 9.17) is 16.3 Å². The molecule has 6 heteroatoms. The summed E-state index contributed by atoms with van der Waals surface area (Å²) in [5.74, 6) is -0.245. The van der Waals surface area contributed by atoms with Crippen LogP contribution >= 0.6 is 11.6 Å². The Morgan fingerprint density at radius 1 is 0.964 bits per heavy atom. The van der Waals surface area contributed by atoms with Gasteiger partial charge in [0.1, 0.15) is 5.75 Å². The van der Waals surface area contributed by atoms with Gasteiger partial charge in [0.2, 0.25) is 11.8 Å². The highest BCUT2D eigenvalue weighted by molar-refractivity contribution is 6.33. The van der Waals surface area contributed by atoms with Crippen LogP contribution in [0.2, 0.25) is 5.02 Å². The molecule has 0 radical (unpaired) electrons. The molecule has 3 aliphatic rings. The smallest absolute Gasteiger partial charge is 0.345 e. The Labute approximate surface area is 167 Å². The summed E-state index contributed by atoms with van der Waals surface area (Å²) in [5.41, 5.74) is 0.710. The van der Waals surface area contributed by atoms with Gasteiger partial charge in [-0.3, -0.25) is 9.59 Å². The summed E-state index contributed by atoms with van der Waals surface area (Å²) in [6.45, 7) is 0. The van der Waals surface area contributed by atoms with Crippen molar-refractivity contribution in [2.45, 2.75) is 19.3 Å². The van der Waals surface area contributed by atoms with Gasteiger partial charge in [0, 0.05) is 6.07 Å². The van der Waals surface area contributed by atoms with Crippen molar-refractivity contribution in [2.24, 2.45) is 23.7 Å². The molecule has 2 amide bonds. The molecule has 3 fully saturated rings. The average Bonchev–Trinajstić information content (AvgIpc) is 3.36. The minimum Gasteiger partial charge on any atom is -0.423 e. The van der Waals surface area contributed by atoms with Gasteiger partial charge >= 0.3 is 5.97 Å². The summed E-state index contributed by atoms with van der Waals surface area (Å²) in [5, 5.41) is 0.303. The number of esters is 1. The second kappa shape index (κ2) is 6.45. The van der Waals surface area contributed by atoms with Gasteiger partial charge in [-0.1, -0.05) is 29.8 Å². The predicted octanol–water partition coefficient (Wildman–Crippen LogP) is 4.09. The lowest BCUT2D eigenvalue weighted by Gasteiger charge is -2.19. The number of carbonyl (C=O) groups excluding carboxylic acids is 3. The normalized spacial score (nSPS) is 28.0. The van der Waals surface area contributed by atoms with E-state index in [1.807, 2.05) is 0 Å². The maximum atomic E-state index is 13.0. The first-order valence-corrected chi connectivity index (χ1v) is 9.87. The zero-order valence-electron chi connectivity index (χ0n) is 15.0. The lowest BCUT2D eigenvalue weighted by molar-refractivity contribution is -0.123. The molecule has 2 saturated carbocycles. The molecule has 0 unspecified atom stereocenters. The third-order valence-corrected chi connectivity index (χ3v) is 6.64. The summed E-state index contributed by atoms with van der Waals surface area (Å²) in [4.78, 5) is 39.6. The van der Waals surface area contributed by atoms with Crippen LogP contribution in [0.1, 0.15) is 29.6 Å². The lowest BCUT2D eigenvalue weighted by atomic mass is 9.81. The molecule has 28 heavy (non-hydrogen) atoms. The number of anilines is 1. The molecule has 5 rings (SSSR count). The molecule has 0 N–H and O–H groups in total. The van der Waals surface area contributed by atoms with Crippen molar-refractivity contribution in [2.75, 3.05) is 4.90 Å². The van der Waals surface area contributed by atoms with Crippen molar-refractivity contribution in [3.63, 3.8) is 0 Å². The molecule has 2 aromatic carbocycles. The molecule has 2 aromatic rings. The Balaban J connectivity index is 1.41. The molecule has 5 nitrogen and oxygen atoms in total. The molecular weight excluding hydrogens is 378 g/mol. The fourth-order valence-electron chi connectivity index (χ4n) is 5.14. The quantitative estimate of drug-likeness (QED) is 0.446. The number of nitrogens with zero attached hydrogens (tertiary/aromatic N) is 1. The molecule has 1 aliphatic heterocycles. The van der Waals surface area contributed by atoms with Crippen molar-refractivity contribution >= 4 is 35.1 Å². The largest absolute Gasteiger partial charge is 0.423 e. The van der Waals surface area contributed by atoms with Crippen LogP contribution in [-0.4, -0.2) is 17.8 Å². The van der Waals surface area contributed by atoms with Crippen LogP contribution < -0.4 is 9.64 Å². The third-order valence-electron chi connectivity index (χ3n) is 6.31. The van der Waals surface area contributed by atoms with Crippen molar-refractivity contribution in [1.29, 1.82) is 0 Å². The summed E-state index contributed by atoms with van der Waals surface area (Å²) in [6.07, 6.45) is 3.07. The number of carbonyl (C=O) groups is 3. The Hall–Kier alpha value is -2.66. The second-order valence-corrected chi connectivity index (χ2v) is 8.17. The minimum absolute atomic E-state index is 0.114. The topological polar surface area (TPSA) is 63.7 Å². The molecule has 2 bridgehead atoms. The van der Waals surface area contributed by atoms with Gasteiger partial charge in [-0.15, -0.1) is 0 Å². The van der Waals surface area contributed by atoms with E-state index in [0.29, 0.717) is 22.5 Å². The summed E-state index contributed by atoms with van der Waals surface area (Å²) in [7, 11) is 0. The average molecular weight is 396 g/mol. The number of halogens is 1. The molecule has 0 spiro atoms. The highest BCUT2D eigenvalue weighted by Crippen LogP contribution is 2.56. The highest BCUT2D eigenvalue weighted by atomic mass is 35.5. The van der Waals surface area contributed by atoms with Gasteiger partial charge in [0.25, 0.3) is 0 Å². The van der Waals surface area contributed by atoms with Crippen molar-refractivity contribution in [1.82, 2.24) is 0 Å². The van der Waals surface area contributed by atoms with Gasteiger partial charge in [-0.25, -0.2) is 9.69 Å². The first-order chi connectivity index (χ1) is 13.5. The Morgan fingerprint density at radius 3 is 2.32 bits per heavy atom. The van der Waals surface area contributed by atoms with E-state index in [2.05, 4.69) is 0 Å². The Kier molecular flexibility index (Phi) is 4.02. The highest BCUT2D eigenvalue weighted by Gasteiger charge is 2.61. The molecule has 4 atom stereocenters. The lowest BCUT2D eigenvalue weighted by Crippen LogP contribution is -2.32. The predicted molar refractivity (Wildman–Crippen MR) is 103 cm³/mol. The maximum absolute atomic E-state index is 13.0. The van der Waals surface area contributed by atoms with Crippen molar-refractivity contribution < 1.29 is 19.1 Å². The van der Waals surface area contributed by atoms with Gasteiger partial charge in [-0.2, -0.15) is 0 Å². The summed E-state index contributed by atoms with van der Waals surface area (Å²) < 4.78 is 5.43. The van der Waals surface area contributed by atoms with Crippen LogP contribution in [0.5, 0.6) is 5.75 Å². The molecule has 1 heterocycles. The molecule has 142 valence electrons. The fourth-order valence-corrected chi connectivity index (χ4v) is 5.35. The number of hydrogen-bond donors (Lipinski definition) is 0. The van der Waals surface area contributed by atoms with E-state index in [-0.39, 0.29) is 35.0 Å². The van der Waals surface area contributed by atoms with Crippen molar-refractivity contribution in [3.8, 4) is 5.75 Å². The van der Waals surface area contributed by atoms with E-state index >= 15 is 0 Å². The van der Waals surface area contributed by atoms with E-state index in [0.717, 1.165) is 19.3 Å². The molecule has 0 aromatic heterocycles. The minimum atomic E-state index is -0.586. The van der Waals surface area contributed by atoms with E-state index < -0.39 is 5.97 Å². The molecule has 1 saturated heterocycles. The van der Waals surface area contributed by atoms with Crippen LogP contribution in [0.4, 0.5) is 5.69 Å². The Morgan fingerprint density at radius 2 is 1.64 bits per heavy atom. The van der Waals surface area contributed by atoms with Gasteiger partial charge < -0.3 is 4.74 Å². The monoisotopic (exact) mass is 395 g/mol. The van der Waals surface area contributed by atoms with Crippen LogP contribution in [0.15, 0.2) is 48.5 Å². The zero-order valence-corrected chi connectivity index (χ0v) is 15.8. The number of rotatable bonds is 3. The first-order valence-electron chi connectivity index (χ1n) is 9.49. The van der Waals surface area contributed by atoms with Gasteiger partial charge in [-0.05, 0) is 55.4 Å². The van der Waals surface area contributed by atoms with Crippen LogP contribution in [0.25, 0.3) is 0 Å². The second-order valence-electron chi connectivity index (χ2n) is 7.76. The number of ether oxygens (including phenoxy) is 1. The van der Waals surface area contributed by atoms with Crippen LogP contribution in [0, 0.1) is 23.7 Å². The maximum Gasteiger partial charge on any atom is 0.345 e. The standard InChI is InChI=1S/C22H18ClNO4/c23-17-7-2-1-6-16(17)22(27)28-15-5-3-4-14(11-15)24-20(25)18-12-8-9-13(10-12)19(18)21(24)26/h1-7,11-13,18-19H,8-10H2/t12-,13-,18+,19+/m1/s1. The number of hydrogen-bond acceptors (Lipinski definition) is 4. The van der Waals surface area contributed by atoms with Gasteiger partial charge in [0.15, 0.2) is 0 Å². The summed E-state index contributed by atoms with van der Waals surface area (Å²) >= 11 is 6.05. The summed E-state index contributed by atoms with van der Waals surface area (Å²) in [6, 6.07) is 13.2. The van der Waals surface area contributed by atoms with Crippen molar-refractivity contribution in [3.05, 3.63) is 59.1 Å². The SMILES string of the molecule is O=C(Oc1cccc(N2C(=O)[C@H]3[C@@H]4CC[C@H](C4)[C@@H]3C2=O)c1)c1ccccc1Cl. The number of amides is 2. The van der Waals surface area contributed by atoms with Crippen LogP contribution in [0.3, 0.4) is 0 Å². The molecular formula is C22H18ClNO4. The van der Waals surface area contributed by atoms with E-state index in [1.165, 1.54) is 4.90 Å². The fraction of sp³-hybridized carbons (Fsp3) is 0.318. The van der Waals surface area contributed by atoms with E-state index in [1.54, 1.807) is 48.5 Å². The zero-order chi connectivity index (χ0) is 19.4.